The van der Waals surface area contributed by atoms with Gasteiger partial charge in [-0.15, -0.1) is 0 Å². The lowest BCUT2D eigenvalue weighted by atomic mass is 10.3. The van der Waals surface area contributed by atoms with E-state index in [1.807, 2.05) is 6.92 Å². The van der Waals surface area contributed by atoms with Crippen LogP contribution in [0.5, 0.6) is 0 Å². The van der Waals surface area contributed by atoms with Gasteiger partial charge in [0.2, 0.25) is 5.91 Å². The fourth-order valence-corrected chi connectivity index (χ4v) is 1.99. The third-order valence-electron chi connectivity index (χ3n) is 2.82. The van der Waals surface area contributed by atoms with Crippen LogP contribution in [-0.2, 0) is 16.1 Å². The number of methoxy groups -OCH3 is 1. The fourth-order valence-electron chi connectivity index (χ4n) is 1.99. The lowest BCUT2D eigenvalue weighted by molar-refractivity contribution is -0.122. The molecule has 0 fully saturated rings. The van der Waals surface area contributed by atoms with Gasteiger partial charge in [-0.2, -0.15) is 0 Å². The van der Waals surface area contributed by atoms with Gasteiger partial charge in [-0.05, 0) is 19.1 Å². The van der Waals surface area contributed by atoms with Crippen LogP contribution < -0.4 is 16.8 Å². The first-order valence-corrected chi connectivity index (χ1v) is 6.18. The van der Waals surface area contributed by atoms with Crippen LogP contribution >= 0.6 is 0 Å². The van der Waals surface area contributed by atoms with Gasteiger partial charge in [0, 0.05) is 24.9 Å². The summed E-state index contributed by atoms with van der Waals surface area (Å²) >= 11 is 0. The van der Waals surface area contributed by atoms with Crippen LogP contribution in [0.1, 0.15) is 6.92 Å². The van der Waals surface area contributed by atoms with Gasteiger partial charge in [0.25, 0.3) is 0 Å². The number of benzene rings is 1. The summed E-state index contributed by atoms with van der Waals surface area (Å²) in [5, 5.41) is 2.73. The average molecular weight is 279 g/mol. The van der Waals surface area contributed by atoms with E-state index in [1.54, 1.807) is 25.3 Å². The number of nitrogens with two attached hydrogens (primary N) is 1. The maximum absolute atomic E-state index is 11.9. The van der Waals surface area contributed by atoms with Crippen LogP contribution in [0.3, 0.4) is 0 Å². The smallest absolute Gasteiger partial charge is 0.408 e. The van der Waals surface area contributed by atoms with Crippen LogP contribution in [0.2, 0.25) is 0 Å². The molecule has 1 aromatic carbocycles. The summed E-state index contributed by atoms with van der Waals surface area (Å²) in [4.78, 5) is 23.6. The van der Waals surface area contributed by atoms with E-state index < -0.39 is 5.76 Å². The topological polar surface area (TPSA) is 99.5 Å². The van der Waals surface area contributed by atoms with E-state index in [0.717, 1.165) is 0 Å². The number of nitrogens with zero attached hydrogens (tertiary/aromatic N) is 1. The molecule has 108 valence electrons. The SMILES string of the molecule is COCC(C)NC(=O)Cn1c(=O)oc2cc(N)ccc21. The molecule has 0 aliphatic carbocycles. The second-order valence-corrected chi connectivity index (χ2v) is 4.61. The Labute approximate surface area is 115 Å². The summed E-state index contributed by atoms with van der Waals surface area (Å²) < 4.78 is 11.3. The van der Waals surface area contributed by atoms with Crippen molar-refractivity contribution in [1.29, 1.82) is 0 Å². The largest absolute Gasteiger partial charge is 0.420 e. The van der Waals surface area contributed by atoms with Crippen molar-refractivity contribution in [1.82, 2.24) is 9.88 Å². The highest BCUT2D eigenvalue weighted by molar-refractivity contribution is 5.81. The molecule has 20 heavy (non-hydrogen) atoms. The van der Waals surface area contributed by atoms with Crippen molar-refractivity contribution in [3.05, 3.63) is 28.7 Å². The number of nitrogens with one attached hydrogen (secondary N) is 1. The molecule has 0 radical (unpaired) electrons. The normalized spacial score (nSPS) is 12.5. The Morgan fingerprint density at radius 1 is 1.55 bits per heavy atom. The monoisotopic (exact) mass is 279 g/mol. The molecular formula is C13H17N3O4. The molecule has 1 atom stereocenters. The van der Waals surface area contributed by atoms with Crippen molar-refractivity contribution in [2.45, 2.75) is 19.5 Å². The number of oxazole rings is 1. The Kier molecular flexibility index (Phi) is 4.09. The maximum Gasteiger partial charge on any atom is 0.420 e. The van der Waals surface area contributed by atoms with Crippen molar-refractivity contribution in [3.8, 4) is 0 Å². The number of nitrogen functional groups attached to an aromatic ring is 1. The summed E-state index contributed by atoms with van der Waals surface area (Å²) in [5.74, 6) is -0.865. The van der Waals surface area contributed by atoms with E-state index in [9.17, 15) is 9.59 Å². The second-order valence-electron chi connectivity index (χ2n) is 4.61. The number of rotatable bonds is 5. The molecule has 7 nitrogen and oxygen atoms in total. The first-order chi connectivity index (χ1) is 9.51. The number of hydrogen-bond acceptors (Lipinski definition) is 5. The van der Waals surface area contributed by atoms with Crippen LogP contribution in [-0.4, -0.2) is 30.2 Å². The first kappa shape index (κ1) is 14.1. The summed E-state index contributed by atoms with van der Waals surface area (Å²) in [5.41, 5.74) is 7.02. The number of ether oxygens (including phenoxy) is 1. The first-order valence-electron chi connectivity index (χ1n) is 6.18. The molecule has 0 bridgehead atoms. The Morgan fingerprint density at radius 2 is 2.30 bits per heavy atom. The predicted molar refractivity (Wildman–Crippen MR) is 74.4 cm³/mol. The maximum atomic E-state index is 11.9. The van der Waals surface area contributed by atoms with Crippen molar-refractivity contribution in [3.63, 3.8) is 0 Å². The molecule has 0 aliphatic rings. The van der Waals surface area contributed by atoms with Crippen LogP contribution in [0.25, 0.3) is 11.1 Å². The third-order valence-corrected chi connectivity index (χ3v) is 2.82. The van der Waals surface area contributed by atoms with Gasteiger partial charge in [0.15, 0.2) is 5.58 Å². The Bertz CT molecular complexity index is 674. The molecule has 1 heterocycles. The summed E-state index contributed by atoms with van der Waals surface area (Å²) in [6.45, 7) is 2.12. The van der Waals surface area contributed by atoms with Crippen LogP contribution in [0.4, 0.5) is 5.69 Å². The molecular weight excluding hydrogens is 262 g/mol. The molecule has 0 spiro atoms. The predicted octanol–water partition coefficient (Wildman–Crippen LogP) is 0.328. The molecule has 2 rings (SSSR count). The van der Waals surface area contributed by atoms with Gasteiger partial charge in [-0.3, -0.25) is 9.36 Å². The van der Waals surface area contributed by atoms with Gasteiger partial charge in [0.1, 0.15) is 6.54 Å². The number of carbonyl (C=O) groups is 1. The number of hydrogen-bond donors (Lipinski definition) is 2. The van der Waals surface area contributed by atoms with Gasteiger partial charge >= 0.3 is 5.76 Å². The van der Waals surface area contributed by atoms with E-state index >= 15 is 0 Å². The van der Waals surface area contributed by atoms with Crippen molar-refractivity contribution in [2.24, 2.45) is 0 Å². The minimum atomic E-state index is -0.583. The number of anilines is 1. The zero-order chi connectivity index (χ0) is 14.7. The Morgan fingerprint density at radius 3 is 3.00 bits per heavy atom. The molecule has 0 saturated heterocycles. The van der Waals surface area contributed by atoms with Crippen molar-refractivity contribution < 1.29 is 13.9 Å². The minimum Gasteiger partial charge on any atom is -0.408 e. The molecule has 3 N–H and O–H groups in total. The summed E-state index contributed by atoms with van der Waals surface area (Å²) in [6.07, 6.45) is 0. The number of aromatic nitrogens is 1. The van der Waals surface area contributed by atoms with E-state index in [0.29, 0.717) is 23.4 Å². The molecule has 0 aliphatic heterocycles. The number of fused-ring (bicyclic) bond motifs is 1. The fraction of sp³-hybridized carbons (Fsp3) is 0.385. The van der Waals surface area contributed by atoms with Gasteiger partial charge < -0.3 is 20.2 Å². The molecule has 1 unspecified atom stereocenters. The molecule has 0 saturated carbocycles. The standard InChI is InChI=1S/C13H17N3O4/c1-8(7-19-2)15-12(17)6-16-10-4-3-9(14)5-11(10)20-13(16)18/h3-5,8H,6-7,14H2,1-2H3,(H,15,17). The van der Waals surface area contributed by atoms with Gasteiger partial charge in [0.05, 0.1) is 12.1 Å². The second kappa shape index (κ2) is 5.79. The van der Waals surface area contributed by atoms with E-state index in [1.165, 1.54) is 4.57 Å². The number of carbonyl (C=O) groups excluding carboxylic acids is 1. The summed E-state index contributed by atoms with van der Waals surface area (Å²) in [6, 6.07) is 4.73. The highest BCUT2D eigenvalue weighted by Crippen LogP contribution is 2.16. The van der Waals surface area contributed by atoms with Crippen LogP contribution in [0.15, 0.2) is 27.4 Å². The van der Waals surface area contributed by atoms with Crippen molar-refractivity contribution in [2.75, 3.05) is 19.5 Å². The highest BCUT2D eigenvalue weighted by Gasteiger charge is 2.14. The van der Waals surface area contributed by atoms with Gasteiger partial charge in [-0.25, -0.2) is 4.79 Å². The van der Waals surface area contributed by atoms with Gasteiger partial charge in [-0.1, -0.05) is 0 Å². The minimum absolute atomic E-state index is 0.107. The van der Waals surface area contributed by atoms with E-state index in [4.69, 9.17) is 14.9 Å². The van der Waals surface area contributed by atoms with E-state index in [2.05, 4.69) is 5.32 Å². The highest BCUT2D eigenvalue weighted by atomic mass is 16.5. The lowest BCUT2D eigenvalue weighted by Crippen LogP contribution is -2.38. The quantitative estimate of drug-likeness (QED) is 0.768. The van der Waals surface area contributed by atoms with Crippen molar-refractivity contribution >= 4 is 22.7 Å². The summed E-state index contributed by atoms with van der Waals surface area (Å²) in [7, 11) is 1.56. The molecule has 1 aromatic heterocycles. The Balaban J connectivity index is 2.19. The lowest BCUT2D eigenvalue weighted by Gasteiger charge is -2.12. The number of amides is 1. The Hall–Kier alpha value is -2.28. The zero-order valence-electron chi connectivity index (χ0n) is 11.4. The van der Waals surface area contributed by atoms with E-state index in [-0.39, 0.29) is 18.5 Å². The zero-order valence-corrected chi connectivity index (χ0v) is 11.4. The molecule has 7 heteroatoms. The third kappa shape index (κ3) is 3.00. The molecule has 1 amide bonds. The average Bonchev–Trinajstić information content (AvgIpc) is 2.65. The van der Waals surface area contributed by atoms with Crippen LogP contribution in [0, 0.1) is 0 Å². The molecule has 2 aromatic rings.